The molecule has 0 spiro atoms. The number of nitrogens with zero attached hydrogens (tertiary/aromatic N) is 1. The van der Waals surface area contributed by atoms with E-state index >= 15 is 0 Å². The Morgan fingerprint density at radius 2 is 1.72 bits per heavy atom. The maximum Gasteiger partial charge on any atom is 0.338 e. The lowest BCUT2D eigenvalue weighted by molar-refractivity contribution is 0.0466. The molecular weight excluding hydrogens is 456 g/mol. The lowest BCUT2D eigenvalue weighted by Crippen LogP contribution is -2.27. The van der Waals surface area contributed by atoms with Gasteiger partial charge < -0.3 is 9.64 Å². The van der Waals surface area contributed by atoms with Crippen molar-refractivity contribution in [1.82, 2.24) is 4.90 Å². The van der Waals surface area contributed by atoms with Crippen molar-refractivity contribution >= 4 is 51.2 Å². The van der Waals surface area contributed by atoms with Crippen molar-refractivity contribution in [2.24, 2.45) is 0 Å². The van der Waals surface area contributed by atoms with Crippen LogP contribution in [0.25, 0.3) is 0 Å². The van der Waals surface area contributed by atoms with Crippen LogP contribution in [0.4, 0.5) is 0 Å². The highest BCUT2D eigenvalue weighted by atomic mass is 127. The molecule has 1 aromatic carbocycles. The lowest BCUT2D eigenvalue weighted by atomic mass is 10.2. The summed E-state index contributed by atoms with van der Waals surface area (Å²) in [5.74, 6) is -0.237. The van der Waals surface area contributed by atoms with Crippen LogP contribution in [-0.4, -0.2) is 37.1 Å². The lowest BCUT2D eigenvalue weighted by Gasteiger charge is -2.17. The van der Waals surface area contributed by atoms with Gasteiger partial charge in [-0.1, -0.05) is 13.8 Å². The van der Waals surface area contributed by atoms with Gasteiger partial charge in [0.1, 0.15) is 6.61 Å². The SMILES string of the molecule is CCN(CC)CCOC(=O)c1cc(I)cc(I)c1. The van der Waals surface area contributed by atoms with Gasteiger partial charge in [0.2, 0.25) is 0 Å². The summed E-state index contributed by atoms with van der Waals surface area (Å²) >= 11 is 4.41. The first-order valence-electron chi connectivity index (χ1n) is 5.92. The third-order valence-electron chi connectivity index (χ3n) is 2.63. The number of rotatable bonds is 6. The van der Waals surface area contributed by atoms with E-state index in [2.05, 4.69) is 63.9 Å². The van der Waals surface area contributed by atoms with Crippen LogP contribution in [0.5, 0.6) is 0 Å². The topological polar surface area (TPSA) is 29.5 Å². The van der Waals surface area contributed by atoms with Crippen LogP contribution in [0, 0.1) is 7.14 Å². The maximum atomic E-state index is 11.9. The van der Waals surface area contributed by atoms with Gasteiger partial charge in [0.05, 0.1) is 5.56 Å². The predicted molar refractivity (Wildman–Crippen MR) is 89.9 cm³/mol. The fraction of sp³-hybridized carbons (Fsp3) is 0.462. The number of ether oxygens (including phenoxy) is 1. The second kappa shape index (κ2) is 8.31. The molecule has 0 saturated carbocycles. The minimum absolute atomic E-state index is 0.237. The van der Waals surface area contributed by atoms with Crippen molar-refractivity contribution in [3.63, 3.8) is 0 Å². The molecule has 0 unspecified atom stereocenters. The van der Waals surface area contributed by atoms with E-state index in [4.69, 9.17) is 4.74 Å². The standard InChI is InChI=1S/C13H17I2NO2/c1-3-16(4-2)5-6-18-13(17)10-7-11(14)9-12(15)8-10/h7-9H,3-6H2,1-2H3. The van der Waals surface area contributed by atoms with E-state index in [0.717, 1.165) is 26.8 Å². The highest BCUT2D eigenvalue weighted by molar-refractivity contribution is 14.1. The Bertz CT molecular complexity index is 386. The van der Waals surface area contributed by atoms with Gasteiger partial charge in [-0.15, -0.1) is 0 Å². The van der Waals surface area contributed by atoms with Crippen LogP contribution < -0.4 is 0 Å². The zero-order valence-corrected chi connectivity index (χ0v) is 14.9. The minimum atomic E-state index is -0.237. The number of likely N-dealkylation sites (N-methyl/N-ethyl adjacent to an activating group) is 1. The summed E-state index contributed by atoms with van der Waals surface area (Å²) in [6.45, 7) is 7.41. The molecule has 1 rings (SSSR count). The maximum absolute atomic E-state index is 11.9. The van der Waals surface area contributed by atoms with Crippen LogP contribution in [-0.2, 0) is 4.74 Å². The molecule has 3 nitrogen and oxygen atoms in total. The number of esters is 1. The van der Waals surface area contributed by atoms with Crippen molar-refractivity contribution in [2.45, 2.75) is 13.8 Å². The van der Waals surface area contributed by atoms with Crippen molar-refractivity contribution in [3.8, 4) is 0 Å². The van der Waals surface area contributed by atoms with Gasteiger partial charge in [-0.3, -0.25) is 0 Å². The molecule has 0 aromatic heterocycles. The molecule has 0 atom stereocenters. The van der Waals surface area contributed by atoms with Gasteiger partial charge in [0, 0.05) is 13.7 Å². The number of benzene rings is 1. The molecule has 18 heavy (non-hydrogen) atoms. The van der Waals surface area contributed by atoms with E-state index in [1.807, 2.05) is 18.2 Å². The smallest absolute Gasteiger partial charge is 0.338 e. The summed E-state index contributed by atoms with van der Waals surface area (Å²) in [7, 11) is 0. The van der Waals surface area contributed by atoms with E-state index in [9.17, 15) is 4.79 Å². The minimum Gasteiger partial charge on any atom is -0.461 e. The molecule has 0 aliphatic rings. The molecule has 0 aliphatic heterocycles. The number of carbonyl (C=O) groups is 1. The quantitative estimate of drug-likeness (QED) is 0.469. The van der Waals surface area contributed by atoms with Crippen LogP contribution in [0.3, 0.4) is 0 Å². The van der Waals surface area contributed by atoms with E-state index in [1.54, 1.807) is 0 Å². The zero-order valence-electron chi connectivity index (χ0n) is 10.6. The van der Waals surface area contributed by atoms with E-state index in [0.29, 0.717) is 12.2 Å². The van der Waals surface area contributed by atoms with Gasteiger partial charge >= 0.3 is 5.97 Å². The predicted octanol–water partition coefficient (Wildman–Crippen LogP) is 3.39. The Labute approximate surface area is 136 Å². The first-order valence-corrected chi connectivity index (χ1v) is 8.08. The molecular formula is C13H17I2NO2. The number of carbonyl (C=O) groups excluding carboxylic acids is 1. The van der Waals surface area contributed by atoms with Crippen LogP contribution in [0.1, 0.15) is 24.2 Å². The Morgan fingerprint density at radius 3 is 2.22 bits per heavy atom. The van der Waals surface area contributed by atoms with Crippen LogP contribution >= 0.6 is 45.2 Å². The Balaban J connectivity index is 2.50. The monoisotopic (exact) mass is 473 g/mol. The molecule has 0 amide bonds. The van der Waals surface area contributed by atoms with Crippen molar-refractivity contribution in [2.75, 3.05) is 26.2 Å². The molecule has 1 aromatic rings. The van der Waals surface area contributed by atoms with Crippen LogP contribution in [0.2, 0.25) is 0 Å². The van der Waals surface area contributed by atoms with E-state index in [-0.39, 0.29) is 5.97 Å². The highest BCUT2D eigenvalue weighted by Gasteiger charge is 2.09. The molecule has 0 bridgehead atoms. The third kappa shape index (κ3) is 5.40. The fourth-order valence-electron chi connectivity index (χ4n) is 1.56. The first-order chi connectivity index (χ1) is 8.56. The zero-order chi connectivity index (χ0) is 13.5. The Kier molecular flexibility index (Phi) is 7.47. The molecule has 0 fully saturated rings. The first kappa shape index (κ1) is 16.2. The second-order valence-electron chi connectivity index (χ2n) is 3.82. The van der Waals surface area contributed by atoms with Crippen molar-refractivity contribution < 1.29 is 9.53 Å². The van der Waals surface area contributed by atoms with Crippen molar-refractivity contribution in [1.29, 1.82) is 0 Å². The number of hydrogen-bond donors (Lipinski definition) is 0. The molecule has 0 saturated heterocycles. The molecule has 0 aliphatic carbocycles. The summed E-state index contributed by atoms with van der Waals surface area (Å²) in [6.07, 6.45) is 0. The summed E-state index contributed by atoms with van der Waals surface area (Å²) in [4.78, 5) is 14.1. The second-order valence-corrected chi connectivity index (χ2v) is 6.31. The van der Waals surface area contributed by atoms with Gasteiger partial charge in [-0.25, -0.2) is 4.79 Å². The highest BCUT2D eigenvalue weighted by Crippen LogP contribution is 2.15. The Morgan fingerprint density at radius 1 is 1.17 bits per heavy atom. The van der Waals surface area contributed by atoms with Gasteiger partial charge in [-0.2, -0.15) is 0 Å². The largest absolute Gasteiger partial charge is 0.461 e. The summed E-state index contributed by atoms with van der Waals surface area (Å²) in [5, 5.41) is 0. The average molecular weight is 473 g/mol. The molecule has 0 heterocycles. The van der Waals surface area contributed by atoms with Crippen molar-refractivity contribution in [3.05, 3.63) is 30.9 Å². The fourth-order valence-corrected chi connectivity index (χ4v) is 3.50. The number of hydrogen-bond acceptors (Lipinski definition) is 3. The molecule has 0 radical (unpaired) electrons. The van der Waals surface area contributed by atoms with Gasteiger partial charge in [-0.05, 0) is 76.5 Å². The van der Waals surface area contributed by atoms with E-state index < -0.39 is 0 Å². The van der Waals surface area contributed by atoms with Gasteiger partial charge in [0.25, 0.3) is 0 Å². The molecule has 100 valence electrons. The summed E-state index contributed by atoms with van der Waals surface area (Å²) in [5.41, 5.74) is 0.630. The number of halogens is 2. The molecule has 5 heteroatoms. The van der Waals surface area contributed by atoms with E-state index in [1.165, 1.54) is 0 Å². The summed E-state index contributed by atoms with van der Waals surface area (Å²) < 4.78 is 7.39. The average Bonchev–Trinajstić information content (AvgIpc) is 2.33. The molecule has 0 N–H and O–H groups in total. The third-order valence-corrected chi connectivity index (χ3v) is 3.88. The Hall–Kier alpha value is 0.110. The normalized spacial score (nSPS) is 10.7. The summed E-state index contributed by atoms with van der Waals surface area (Å²) in [6, 6.07) is 5.72. The van der Waals surface area contributed by atoms with Crippen LogP contribution in [0.15, 0.2) is 18.2 Å². The van der Waals surface area contributed by atoms with Gasteiger partial charge in [0.15, 0.2) is 0 Å².